The minimum atomic E-state index is 0.645. The summed E-state index contributed by atoms with van der Waals surface area (Å²) in [6, 6.07) is 8.02. The summed E-state index contributed by atoms with van der Waals surface area (Å²) in [6.07, 6.45) is 0. The van der Waals surface area contributed by atoms with Gasteiger partial charge in [0.2, 0.25) is 0 Å². The average molecular weight is 268 g/mol. The molecule has 0 radical (unpaired) electrons. The summed E-state index contributed by atoms with van der Waals surface area (Å²) >= 11 is 7.55. The summed E-state index contributed by atoms with van der Waals surface area (Å²) in [5.41, 5.74) is 1.36. The molecule has 1 unspecified atom stereocenters. The predicted molar refractivity (Wildman–Crippen MR) is 47.0 cm³/mol. The fraction of sp³-hybridized carbons (Fsp3) is 0.250. The third-order valence-corrected chi connectivity index (χ3v) is 2.46. The van der Waals surface area contributed by atoms with Gasteiger partial charge in [0.15, 0.2) is 0 Å². The average Bonchev–Trinajstić information content (AvgIpc) is 1.88. The van der Waals surface area contributed by atoms with Crippen molar-refractivity contribution in [3.63, 3.8) is 0 Å². The van der Waals surface area contributed by atoms with Crippen LogP contribution in [0.25, 0.3) is 0 Å². The van der Waals surface area contributed by atoms with Crippen LogP contribution in [0.5, 0.6) is 0 Å². The summed E-state index contributed by atoms with van der Waals surface area (Å²) < 4.78 is 0.645. The standard InChI is InChI=1S/C8H9ClTe/c1-6(10)7-2-4-8(9)5-3-7/h2-6,10H,1H3. The second-order valence-corrected chi connectivity index (χ2v) is 4.87. The van der Waals surface area contributed by atoms with Gasteiger partial charge in [-0.2, -0.15) is 0 Å². The first-order valence-electron chi connectivity index (χ1n) is 3.13. The van der Waals surface area contributed by atoms with E-state index in [0.717, 1.165) is 5.02 Å². The fourth-order valence-corrected chi connectivity index (χ4v) is 1.36. The topological polar surface area (TPSA) is 0 Å². The van der Waals surface area contributed by atoms with Gasteiger partial charge in [0.1, 0.15) is 0 Å². The van der Waals surface area contributed by atoms with Gasteiger partial charge in [-0.15, -0.1) is 0 Å². The van der Waals surface area contributed by atoms with Crippen LogP contribution in [-0.2, 0) is 0 Å². The Kier molecular flexibility index (Phi) is 3.04. The summed E-state index contributed by atoms with van der Waals surface area (Å²) in [4.78, 5) is 0. The van der Waals surface area contributed by atoms with Crippen LogP contribution < -0.4 is 0 Å². The van der Waals surface area contributed by atoms with E-state index in [-0.39, 0.29) is 0 Å². The molecule has 0 spiro atoms. The van der Waals surface area contributed by atoms with E-state index < -0.39 is 0 Å². The number of rotatable bonds is 1. The molecule has 0 aliphatic heterocycles. The van der Waals surface area contributed by atoms with Gasteiger partial charge in [-0.1, -0.05) is 0 Å². The molecule has 1 aromatic carbocycles. The predicted octanol–water partition coefficient (Wildman–Crippen LogP) is 2.30. The van der Waals surface area contributed by atoms with E-state index in [0.29, 0.717) is 3.97 Å². The van der Waals surface area contributed by atoms with Gasteiger partial charge in [0, 0.05) is 0 Å². The summed E-state index contributed by atoms with van der Waals surface area (Å²) in [5, 5.41) is 0.815. The third kappa shape index (κ3) is 2.16. The Morgan fingerprint density at radius 3 is 2.20 bits per heavy atom. The molecule has 0 aromatic heterocycles. The maximum atomic E-state index is 5.72. The summed E-state index contributed by atoms with van der Waals surface area (Å²) in [7, 11) is 0. The molecule has 0 bridgehead atoms. The number of halogens is 1. The van der Waals surface area contributed by atoms with Crippen molar-refractivity contribution in [1.82, 2.24) is 0 Å². The van der Waals surface area contributed by atoms with Crippen LogP contribution in [0.3, 0.4) is 0 Å². The van der Waals surface area contributed by atoms with Crippen molar-refractivity contribution >= 4 is 33.9 Å². The molecule has 0 saturated heterocycles. The second-order valence-electron chi connectivity index (χ2n) is 2.23. The van der Waals surface area contributed by atoms with E-state index >= 15 is 0 Å². The van der Waals surface area contributed by atoms with Gasteiger partial charge < -0.3 is 0 Å². The Balaban J connectivity index is 2.89. The fourth-order valence-electron chi connectivity index (χ4n) is 0.741. The zero-order valence-corrected chi connectivity index (χ0v) is 9.02. The molecule has 0 aliphatic rings. The van der Waals surface area contributed by atoms with Crippen LogP contribution in [0.1, 0.15) is 16.5 Å². The van der Waals surface area contributed by atoms with E-state index in [2.05, 4.69) is 19.1 Å². The quantitative estimate of drug-likeness (QED) is 0.686. The molecule has 10 heavy (non-hydrogen) atoms. The van der Waals surface area contributed by atoms with Gasteiger partial charge in [0.25, 0.3) is 0 Å². The molecule has 54 valence electrons. The number of hydrogen-bond acceptors (Lipinski definition) is 0. The summed E-state index contributed by atoms with van der Waals surface area (Å²) in [5.74, 6) is 0. The first-order chi connectivity index (χ1) is 4.70. The van der Waals surface area contributed by atoms with E-state index in [9.17, 15) is 0 Å². The zero-order valence-electron chi connectivity index (χ0n) is 5.71. The second kappa shape index (κ2) is 3.62. The summed E-state index contributed by atoms with van der Waals surface area (Å²) in [6.45, 7) is 2.19. The van der Waals surface area contributed by atoms with E-state index in [1.54, 1.807) is 0 Å². The Hall–Kier alpha value is 0.300. The van der Waals surface area contributed by atoms with Crippen LogP contribution in [0.2, 0.25) is 5.02 Å². The van der Waals surface area contributed by atoms with Crippen molar-refractivity contribution in [3.8, 4) is 0 Å². The molecule has 1 atom stereocenters. The molecule has 1 aromatic rings. The van der Waals surface area contributed by atoms with Crippen molar-refractivity contribution in [2.24, 2.45) is 0 Å². The van der Waals surface area contributed by atoms with E-state index in [1.807, 2.05) is 34.4 Å². The maximum absolute atomic E-state index is 5.72. The van der Waals surface area contributed by atoms with Crippen LogP contribution in [0, 0.1) is 0 Å². The molecule has 0 heterocycles. The van der Waals surface area contributed by atoms with Gasteiger partial charge in [-0.3, -0.25) is 0 Å². The third-order valence-electron chi connectivity index (χ3n) is 1.35. The Morgan fingerprint density at radius 2 is 1.80 bits per heavy atom. The van der Waals surface area contributed by atoms with Crippen LogP contribution >= 0.6 is 11.6 Å². The monoisotopic (exact) mass is 270 g/mol. The molecule has 2 heteroatoms. The van der Waals surface area contributed by atoms with E-state index in [4.69, 9.17) is 11.6 Å². The molecule has 0 nitrogen and oxygen atoms in total. The van der Waals surface area contributed by atoms with Gasteiger partial charge in [-0.05, 0) is 0 Å². The van der Waals surface area contributed by atoms with Crippen LogP contribution in [-0.4, -0.2) is 22.3 Å². The van der Waals surface area contributed by atoms with Gasteiger partial charge >= 0.3 is 79.6 Å². The first kappa shape index (κ1) is 8.40. The van der Waals surface area contributed by atoms with Gasteiger partial charge in [-0.25, -0.2) is 0 Å². The zero-order chi connectivity index (χ0) is 7.56. The molecule has 0 N–H and O–H groups in total. The number of benzene rings is 1. The van der Waals surface area contributed by atoms with Crippen LogP contribution in [0.4, 0.5) is 0 Å². The Labute approximate surface area is 79.5 Å². The van der Waals surface area contributed by atoms with Crippen molar-refractivity contribution < 1.29 is 0 Å². The van der Waals surface area contributed by atoms with Gasteiger partial charge in [0.05, 0.1) is 0 Å². The first-order valence-corrected chi connectivity index (χ1v) is 4.99. The minimum absolute atomic E-state index is 0.645. The number of hydrogen-bond donors (Lipinski definition) is 0. The van der Waals surface area contributed by atoms with Crippen molar-refractivity contribution in [2.45, 2.75) is 10.9 Å². The van der Waals surface area contributed by atoms with Crippen molar-refractivity contribution in [1.29, 1.82) is 0 Å². The molecular formula is C8H9ClTe. The molecule has 0 aliphatic carbocycles. The molecule has 0 fully saturated rings. The van der Waals surface area contributed by atoms with Crippen LogP contribution in [0.15, 0.2) is 24.3 Å². The SMILES string of the molecule is CC([TeH])c1ccc(Cl)cc1. The molecule has 0 amide bonds. The Bertz CT molecular complexity index is 203. The van der Waals surface area contributed by atoms with E-state index in [1.165, 1.54) is 5.56 Å². The molecule has 1 rings (SSSR count). The molecule has 0 saturated carbocycles. The molecular weight excluding hydrogens is 259 g/mol. The normalized spacial score (nSPS) is 13.1. The van der Waals surface area contributed by atoms with Crippen molar-refractivity contribution in [2.75, 3.05) is 0 Å². The van der Waals surface area contributed by atoms with Crippen molar-refractivity contribution in [3.05, 3.63) is 34.9 Å². The Morgan fingerprint density at radius 1 is 1.30 bits per heavy atom.